The highest BCUT2D eigenvalue weighted by molar-refractivity contribution is 7.99. The van der Waals surface area contributed by atoms with Crippen LogP contribution in [0.4, 0.5) is 19.0 Å². The Morgan fingerprint density at radius 2 is 2.17 bits per heavy atom. The summed E-state index contributed by atoms with van der Waals surface area (Å²) in [6.07, 6.45) is -0.733. The van der Waals surface area contributed by atoms with Crippen molar-refractivity contribution < 1.29 is 13.2 Å². The van der Waals surface area contributed by atoms with Crippen molar-refractivity contribution in [3.05, 3.63) is 22.8 Å². The quantitative estimate of drug-likeness (QED) is 0.877. The van der Waals surface area contributed by atoms with E-state index in [9.17, 15) is 13.2 Å². The van der Waals surface area contributed by atoms with E-state index in [0.717, 1.165) is 18.7 Å². The SMILES string of the molecule is CSC(C)CCNc1ncc(C(F)(F)F)cc1Cl. The maximum absolute atomic E-state index is 12.4. The van der Waals surface area contributed by atoms with Crippen LogP contribution in [-0.2, 0) is 6.18 Å². The van der Waals surface area contributed by atoms with E-state index in [4.69, 9.17) is 11.6 Å². The van der Waals surface area contributed by atoms with Crippen LogP contribution in [0.2, 0.25) is 5.02 Å². The lowest BCUT2D eigenvalue weighted by Gasteiger charge is -2.12. The van der Waals surface area contributed by atoms with Gasteiger partial charge in [-0.15, -0.1) is 0 Å². The molecular formula is C11H14ClF3N2S. The third-order valence-electron chi connectivity index (χ3n) is 2.41. The second-order valence-corrected chi connectivity index (χ2v) is 5.50. The first kappa shape index (κ1) is 15.4. The Morgan fingerprint density at radius 1 is 1.50 bits per heavy atom. The van der Waals surface area contributed by atoms with Gasteiger partial charge in [0.05, 0.1) is 10.6 Å². The molecule has 1 rings (SSSR count). The van der Waals surface area contributed by atoms with Crippen molar-refractivity contribution in [2.45, 2.75) is 24.8 Å². The van der Waals surface area contributed by atoms with Gasteiger partial charge in [-0.25, -0.2) is 4.98 Å². The predicted octanol–water partition coefficient (Wildman–Crippen LogP) is 4.31. The van der Waals surface area contributed by atoms with Crippen LogP contribution < -0.4 is 5.32 Å². The third kappa shape index (κ3) is 4.57. The largest absolute Gasteiger partial charge is 0.417 e. The van der Waals surface area contributed by atoms with Crippen LogP contribution in [0.1, 0.15) is 18.9 Å². The number of pyridine rings is 1. The van der Waals surface area contributed by atoms with Crippen LogP contribution >= 0.6 is 23.4 Å². The summed E-state index contributed by atoms with van der Waals surface area (Å²) in [6, 6.07) is 0.884. The van der Waals surface area contributed by atoms with Crippen molar-refractivity contribution in [1.29, 1.82) is 0 Å². The average molecular weight is 299 g/mol. The van der Waals surface area contributed by atoms with Crippen LogP contribution in [-0.4, -0.2) is 23.0 Å². The summed E-state index contributed by atoms with van der Waals surface area (Å²) in [5.41, 5.74) is -0.837. The molecule has 1 aromatic rings. The highest BCUT2D eigenvalue weighted by atomic mass is 35.5. The summed E-state index contributed by atoms with van der Waals surface area (Å²) < 4.78 is 37.1. The number of hydrogen-bond donors (Lipinski definition) is 1. The van der Waals surface area contributed by atoms with Gasteiger partial charge in [-0.05, 0) is 18.7 Å². The third-order valence-corrected chi connectivity index (χ3v) is 3.74. The number of hydrogen-bond acceptors (Lipinski definition) is 3. The molecular weight excluding hydrogens is 285 g/mol. The Balaban J connectivity index is 2.63. The van der Waals surface area contributed by atoms with Crippen LogP contribution in [0.25, 0.3) is 0 Å². The summed E-state index contributed by atoms with van der Waals surface area (Å²) in [7, 11) is 0. The number of anilines is 1. The summed E-state index contributed by atoms with van der Waals surface area (Å²) in [5.74, 6) is 0.290. The lowest BCUT2D eigenvalue weighted by molar-refractivity contribution is -0.137. The first-order valence-electron chi connectivity index (χ1n) is 5.34. The molecule has 1 N–H and O–H groups in total. The molecule has 0 amide bonds. The summed E-state index contributed by atoms with van der Waals surface area (Å²) >= 11 is 7.48. The molecule has 0 saturated carbocycles. The summed E-state index contributed by atoms with van der Waals surface area (Å²) in [5, 5.41) is 3.40. The zero-order valence-corrected chi connectivity index (χ0v) is 11.6. The van der Waals surface area contributed by atoms with Crippen molar-refractivity contribution >= 4 is 29.2 Å². The number of aromatic nitrogens is 1. The van der Waals surface area contributed by atoms with Crippen molar-refractivity contribution in [3.63, 3.8) is 0 Å². The maximum atomic E-state index is 12.4. The van der Waals surface area contributed by atoms with Crippen LogP contribution in [0.5, 0.6) is 0 Å². The van der Waals surface area contributed by atoms with Gasteiger partial charge in [-0.2, -0.15) is 24.9 Å². The lowest BCUT2D eigenvalue weighted by atomic mass is 10.2. The minimum Gasteiger partial charge on any atom is -0.369 e. The first-order valence-corrected chi connectivity index (χ1v) is 7.00. The normalized spacial score (nSPS) is 13.4. The molecule has 0 aliphatic rings. The molecule has 0 spiro atoms. The molecule has 1 aromatic heterocycles. The molecule has 0 aromatic carbocycles. The second-order valence-electron chi connectivity index (χ2n) is 3.81. The molecule has 18 heavy (non-hydrogen) atoms. The molecule has 0 bridgehead atoms. The molecule has 0 aliphatic carbocycles. The molecule has 0 saturated heterocycles. The molecule has 0 fully saturated rings. The van der Waals surface area contributed by atoms with Gasteiger partial charge in [-0.3, -0.25) is 0 Å². The van der Waals surface area contributed by atoms with Gasteiger partial charge < -0.3 is 5.32 Å². The van der Waals surface area contributed by atoms with E-state index in [-0.39, 0.29) is 10.8 Å². The van der Waals surface area contributed by atoms with Gasteiger partial charge in [0, 0.05) is 18.0 Å². The van der Waals surface area contributed by atoms with Crippen LogP contribution in [0, 0.1) is 0 Å². The molecule has 2 nitrogen and oxygen atoms in total. The fraction of sp³-hybridized carbons (Fsp3) is 0.545. The van der Waals surface area contributed by atoms with Gasteiger partial charge in [0.25, 0.3) is 0 Å². The topological polar surface area (TPSA) is 24.9 Å². The number of nitrogens with one attached hydrogen (secondary N) is 1. The van der Waals surface area contributed by atoms with Crippen molar-refractivity contribution in [1.82, 2.24) is 4.98 Å². The molecule has 7 heteroatoms. The fourth-order valence-electron chi connectivity index (χ4n) is 1.23. The van der Waals surface area contributed by atoms with E-state index >= 15 is 0 Å². The van der Waals surface area contributed by atoms with E-state index in [1.54, 1.807) is 11.8 Å². The Morgan fingerprint density at radius 3 is 2.67 bits per heavy atom. The van der Waals surface area contributed by atoms with E-state index in [2.05, 4.69) is 17.2 Å². The summed E-state index contributed by atoms with van der Waals surface area (Å²) in [6.45, 7) is 2.70. The van der Waals surface area contributed by atoms with E-state index in [1.807, 2.05) is 6.26 Å². The van der Waals surface area contributed by atoms with E-state index < -0.39 is 11.7 Å². The highest BCUT2D eigenvalue weighted by Crippen LogP contribution is 2.32. The maximum Gasteiger partial charge on any atom is 0.417 e. The number of halogens is 4. The smallest absolute Gasteiger partial charge is 0.369 e. The average Bonchev–Trinajstić information content (AvgIpc) is 2.29. The van der Waals surface area contributed by atoms with Crippen molar-refractivity contribution in [3.8, 4) is 0 Å². The van der Waals surface area contributed by atoms with Gasteiger partial charge >= 0.3 is 6.18 Å². The number of thioether (sulfide) groups is 1. The van der Waals surface area contributed by atoms with Gasteiger partial charge in [-0.1, -0.05) is 18.5 Å². The number of rotatable bonds is 5. The highest BCUT2D eigenvalue weighted by Gasteiger charge is 2.31. The summed E-state index contributed by atoms with van der Waals surface area (Å²) in [4.78, 5) is 3.70. The van der Waals surface area contributed by atoms with Crippen LogP contribution in [0.15, 0.2) is 12.3 Å². The molecule has 1 unspecified atom stereocenters. The van der Waals surface area contributed by atoms with E-state index in [0.29, 0.717) is 11.8 Å². The van der Waals surface area contributed by atoms with E-state index in [1.165, 1.54) is 0 Å². The fourth-order valence-corrected chi connectivity index (χ4v) is 1.82. The monoisotopic (exact) mass is 298 g/mol. The number of alkyl halides is 3. The molecule has 1 atom stereocenters. The number of nitrogens with zero attached hydrogens (tertiary/aromatic N) is 1. The Bertz CT molecular complexity index is 398. The molecule has 102 valence electrons. The molecule has 1 heterocycles. The van der Waals surface area contributed by atoms with Crippen LogP contribution in [0.3, 0.4) is 0 Å². The van der Waals surface area contributed by atoms with Gasteiger partial charge in [0.1, 0.15) is 5.82 Å². The lowest BCUT2D eigenvalue weighted by Crippen LogP contribution is -2.11. The Kier molecular flexibility index (Phi) is 5.59. The van der Waals surface area contributed by atoms with Gasteiger partial charge in [0.2, 0.25) is 0 Å². The standard InChI is InChI=1S/C11H14ClF3N2S/c1-7(18-2)3-4-16-10-9(12)5-8(6-17-10)11(13,14)15/h5-7H,3-4H2,1-2H3,(H,16,17). The minimum absolute atomic E-state index is 0.0124. The zero-order valence-electron chi connectivity index (χ0n) is 10.0. The molecule has 0 radical (unpaired) electrons. The first-order chi connectivity index (χ1) is 8.34. The minimum atomic E-state index is -4.41. The second kappa shape index (κ2) is 6.52. The Hall–Kier alpha value is -0.620. The van der Waals surface area contributed by atoms with Crippen molar-refractivity contribution in [2.24, 2.45) is 0 Å². The van der Waals surface area contributed by atoms with Crippen molar-refractivity contribution in [2.75, 3.05) is 18.1 Å². The Labute approximate surface area is 113 Å². The van der Waals surface area contributed by atoms with Gasteiger partial charge in [0.15, 0.2) is 0 Å². The molecule has 0 aliphatic heterocycles. The zero-order chi connectivity index (χ0) is 13.8. The predicted molar refractivity (Wildman–Crippen MR) is 70.3 cm³/mol.